The Kier molecular flexibility index (Phi) is 4.86. The lowest BCUT2D eigenvalue weighted by Gasteiger charge is -2.21. The van der Waals surface area contributed by atoms with Gasteiger partial charge in [0.05, 0.1) is 0 Å². The zero-order valence-corrected chi connectivity index (χ0v) is 13.3. The van der Waals surface area contributed by atoms with E-state index in [2.05, 4.69) is 0 Å². The van der Waals surface area contributed by atoms with Crippen LogP contribution in [0, 0.1) is 0 Å². The van der Waals surface area contributed by atoms with Crippen molar-refractivity contribution >= 4 is 11.9 Å². The zero-order valence-electron chi connectivity index (χ0n) is 13.3. The van der Waals surface area contributed by atoms with Crippen molar-refractivity contribution in [2.45, 2.75) is 51.4 Å². The van der Waals surface area contributed by atoms with E-state index in [1.165, 1.54) is 0 Å². The van der Waals surface area contributed by atoms with Crippen LogP contribution in [0.5, 0.6) is 0 Å². The fourth-order valence-corrected chi connectivity index (χ4v) is 1.94. The molecular weight excluding hydrogens is 284 g/mol. The van der Waals surface area contributed by atoms with Crippen molar-refractivity contribution in [2.75, 3.05) is 6.61 Å². The lowest BCUT2D eigenvalue weighted by atomic mass is 10.2. The summed E-state index contributed by atoms with van der Waals surface area (Å²) >= 11 is 0. The molecule has 0 amide bonds. The van der Waals surface area contributed by atoms with Gasteiger partial charge < -0.3 is 14.2 Å². The molecular formula is C17H22O5. The molecule has 0 N–H and O–H groups in total. The normalized spacial score (nSPS) is 16.0. The summed E-state index contributed by atoms with van der Waals surface area (Å²) in [6.45, 7) is 5.32. The third-order valence-corrected chi connectivity index (χ3v) is 3.18. The molecule has 5 heteroatoms. The second-order valence-corrected chi connectivity index (χ2v) is 6.43. The highest BCUT2D eigenvalue weighted by Crippen LogP contribution is 2.41. The first-order valence-electron chi connectivity index (χ1n) is 7.38. The molecule has 1 aromatic carbocycles. The molecule has 22 heavy (non-hydrogen) atoms. The van der Waals surface area contributed by atoms with Crippen LogP contribution in [0.15, 0.2) is 30.3 Å². The Morgan fingerprint density at radius 1 is 1.14 bits per heavy atom. The van der Waals surface area contributed by atoms with E-state index in [0.717, 1.165) is 5.56 Å². The van der Waals surface area contributed by atoms with Crippen LogP contribution in [0.25, 0.3) is 0 Å². The quantitative estimate of drug-likeness (QED) is 0.756. The number of benzene rings is 1. The van der Waals surface area contributed by atoms with Gasteiger partial charge in [-0.2, -0.15) is 0 Å². The smallest absolute Gasteiger partial charge is 0.338 e. The number of hydrogen-bond acceptors (Lipinski definition) is 5. The first-order valence-corrected chi connectivity index (χ1v) is 7.38. The van der Waals surface area contributed by atoms with Crippen molar-refractivity contribution in [3.8, 4) is 0 Å². The van der Waals surface area contributed by atoms with Crippen molar-refractivity contribution < 1.29 is 23.8 Å². The maximum absolute atomic E-state index is 12.1. The molecule has 0 radical (unpaired) electrons. The van der Waals surface area contributed by atoms with Crippen molar-refractivity contribution in [1.82, 2.24) is 0 Å². The van der Waals surface area contributed by atoms with Gasteiger partial charge in [-0.3, -0.25) is 0 Å². The maximum atomic E-state index is 12.1. The standard InChI is InChI=1S/C17H22O5/c1-16(2,3)22-14(18)12-21-17(9-10-17)15(19)20-11-13-7-5-4-6-8-13/h4-8H,9-12H2,1-3H3. The molecule has 1 fully saturated rings. The summed E-state index contributed by atoms with van der Waals surface area (Å²) in [6, 6.07) is 9.44. The summed E-state index contributed by atoms with van der Waals surface area (Å²) in [5.74, 6) is -0.894. The number of carbonyl (C=O) groups excluding carboxylic acids is 2. The van der Waals surface area contributed by atoms with E-state index >= 15 is 0 Å². The van der Waals surface area contributed by atoms with Crippen molar-refractivity contribution in [3.63, 3.8) is 0 Å². The second kappa shape index (κ2) is 6.48. The van der Waals surface area contributed by atoms with Gasteiger partial charge in [0.1, 0.15) is 18.8 Å². The molecule has 1 aliphatic carbocycles. The highest BCUT2D eigenvalue weighted by atomic mass is 16.6. The Balaban J connectivity index is 1.78. The van der Waals surface area contributed by atoms with E-state index in [4.69, 9.17) is 14.2 Å². The van der Waals surface area contributed by atoms with Crippen LogP contribution in [0.1, 0.15) is 39.2 Å². The molecule has 1 aromatic rings. The van der Waals surface area contributed by atoms with Crippen LogP contribution in [0.3, 0.4) is 0 Å². The highest BCUT2D eigenvalue weighted by Gasteiger charge is 2.53. The zero-order chi connectivity index (χ0) is 16.2. The van der Waals surface area contributed by atoms with Crippen LogP contribution in [-0.4, -0.2) is 29.7 Å². The maximum Gasteiger partial charge on any atom is 0.338 e. The Hall–Kier alpha value is -1.88. The molecule has 0 bridgehead atoms. The number of rotatable bonds is 6. The molecule has 1 aliphatic rings. The minimum atomic E-state index is -0.967. The van der Waals surface area contributed by atoms with Crippen LogP contribution in [0.2, 0.25) is 0 Å². The molecule has 0 unspecified atom stereocenters. The fourth-order valence-electron chi connectivity index (χ4n) is 1.94. The largest absolute Gasteiger partial charge is 0.459 e. The highest BCUT2D eigenvalue weighted by molar-refractivity contribution is 5.83. The Labute approximate surface area is 130 Å². The summed E-state index contributed by atoms with van der Waals surface area (Å²) < 4.78 is 15.9. The van der Waals surface area contributed by atoms with Gasteiger partial charge in [-0.05, 0) is 39.2 Å². The van der Waals surface area contributed by atoms with Gasteiger partial charge in [-0.1, -0.05) is 30.3 Å². The molecule has 0 aliphatic heterocycles. The molecule has 2 rings (SSSR count). The van der Waals surface area contributed by atoms with Crippen LogP contribution >= 0.6 is 0 Å². The van der Waals surface area contributed by atoms with Crippen LogP contribution in [0.4, 0.5) is 0 Å². The summed E-state index contributed by atoms with van der Waals surface area (Å²) in [7, 11) is 0. The summed E-state index contributed by atoms with van der Waals surface area (Å²) in [4.78, 5) is 23.7. The number of esters is 2. The average molecular weight is 306 g/mol. The summed E-state index contributed by atoms with van der Waals surface area (Å²) in [6.07, 6.45) is 1.15. The van der Waals surface area contributed by atoms with Crippen LogP contribution in [-0.2, 0) is 30.4 Å². The third kappa shape index (κ3) is 4.84. The number of hydrogen-bond donors (Lipinski definition) is 0. The lowest BCUT2D eigenvalue weighted by molar-refractivity contribution is -0.172. The lowest BCUT2D eigenvalue weighted by Crippen LogP contribution is -2.33. The van der Waals surface area contributed by atoms with Gasteiger partial charge in [0, 0.05) is 0 Å². The van der Waals surface area contributed by atoms with E-state index in [1.54, 1.807) is 20.8 Å². The molecule has 0 saturated heterocycles. The predicted molar refractivity (Wildman–Crippen MR) is 80.0 cm³/mol. The summed E-state index contributed by atoms with van der Waals surface area (Å²) in [5.41, 5.74) is -0.616. The Bertz CT molecular complexity index is 526. The molecule has 0 heterocycles. The molecule has 120 valence electrons. The monoisotopic (exact) mass is 306 g/mol. The van der Waals surface area contributed by atoms with Crippen molar-refractivity contribution in [2.24, 2.45) is 0 Å². The minimum absolute atomic E-state index is 0.206. The summed E-state index contributed by atoms with van der Waals surface area (Å²) in [5, 5.41) is 0. The number of carbonyl (C=O) groups is 2. The van der Waals surface area contributed by atoms with Gasteiger partial charge in [0.25, 0.3) is 0 Å². The molecule has 5 nitrogen and oxygen atoms in total. The predicted octanol–water partition coefficient (Wildman–Crippen LogP) is 2.62. The Morgan fingerprint density at radius 2 is 1.77 bits per heavy atom. The van der Waals surface area contributed by atoms with Gasteiger partial charge in [0.2, 0.25) is 0 Å². The molecule has 0 aromatic heterocycles. The van der Waals surface area contributed by atoms with E-state index in [0.29, 0.717) is 12.8 Å². The fraction of sp³-hybridized carbons (Fsp3) is 0.529. The van der Waals surface area contributed by atoms with Gasteiger partial charge in [0.15, 0.2) is 5.60 Å². The van der Waals surface area contributed by atoms with Crippen LogP contribution < -0.4 is 0 Å². The van der Waals surface area contributed by atoms with Crippen molar-refractivity contribution in [3.05, 3.63) is 35.9 Å². The Morgan fingerprint density at radius 3 is 2.32 bits per heavy atom. The van der Waals surface area contributed by atoms with E-state index in [9.17, 15) is 9.59 Å². The van der Waals surface area contributed by atoms with Gasteiger partial charge in [-0.15, -0.1) is 0 Å². The topological polar surface area (TPSA) is 61.8 Å². The average Bonchev–Trinajstić information content (AvgIpc) is 3.23. The molecule has 0 spiro atoms. The minimum Gasteiger partial charge on any atom is -0.459 e. The van der Waals surface area contributed by atoms with Gasteiger partial charge in [-0.25, -0.2) is 9.59 Å². The van der Waals surface area contributed by atoms with E-state index in [-0.39, 0.29) is 13.2 Å². The SMILES string of the molecule is CC(C)(C)OC(=O)COC1(C(=O)OCc2ccccc2)CC1. The molecule has 0 atom stereocenters. The number of ether oxygens (including phenoxy) is 3. The first-order chi connectivity index (χ1) is 10.3. The van der Waals surface area contributed by atoms with Crippen molar-refractivity contribution in [1.29, 1.82) is 0 Å². The molecule has 1 saturated carbocycles. The second-order valence-electron chi connectivity index (χ2n) is 6.43. The first kappa shape index (κ1) is 16.5. The van der Waals surface area contributed by atoms with E-state index in [1.807, 2.05) is 30.3 Å². The van der Waals surface area contributed by atoms with E-state index < -0.39 is 23.1 Å². The van der Waals surface area contributed by atoms with Gasteiger partial charge >= 0.3 is 11.9 Å². The third-order valence-electron chi connectivity index (χ3n) is 3.18.